The zero-order chi connectivity index (χ0) is 13.2. The second-order valence-corrected chi connectivity index (χ2v) is 6.44. The molecule has 18 heavy (non-hydrogen) atoms. The lowest BCUT2D eigenvalue weighted by Gasteiger charge is -2.14. The van der Waals surface area contributed by atoms with Crippen LogP contribution in [0.5, 0.6) is 0 Å². The summed E-state index contributed by atoms with van der Waals surface area (Å²) < 4.78 is 25.7. The Balaban J connectivity index is 2.07. The fourth-order valence-electron chi connectivity index (χ4n) is 1.70. The molecule has 0 radical (unpaired) electrons. The molecule has 0 amide bonds. The number of rotatable bonds is 6. The van der Waals surface area contributed by atoms with E-state index in [-0.39, 0.29) is 6.42 Å². The lowest BCUT2D eigenvalue weighted by atomic mass is 10.1. The Labute approximate surface area is 106 Å². The average molecular weight is 269 g/mol. The van der Waals surface area contributed by atoms with Crippen molar-refractivity contribution in [3.05, 3.63) is 35.9 Å². The van der Waals surface area contributed by atoms with Gasteiger partial charge in [-0.1, -0.05) is 30.3 Å². The Morgan fingerprint density at radius 1 is 1.33 bits per heavy atom. The van der Waals surface area contributed by atoms with Crippen molar-refractivity contribution in [2.75, 3.05) is 0 Å². The predicted molar refractivity (Wildman–Crippen MR) is 66.6 cm³/mol. The average Bonchev–Trinajstić information content (AvgIpc) is 3.13. The number of nitrogens with one attached hydrogen (secondary N) is 1. The number of benzene rings is 1. The summed E-state index contributed by atoms with van der Waals surface area (Å²) in [5.74, 6) is -1.15. The first kappa shape index (κ1) is 13.0. The van der Waals surface area contributed by atoms with Gasteiger partial charge in [0.15, 0.2) is 0 Å². The fourth-order valence-corrected chi connectivity index (χ4v) is 3.23. The van der Waals surface area contributed by atoms with Crippen LogP contribution in [0.1, 0.15) is 18.4 Å². The Morgan fingerprint density at radius 3 is 2.44 bits per heavy atom. The molecule has 1 saturated carbocycles. The largest absolute Gasteiger partial charge is 0.480 e. The molecule has 1 fully saturated rings. The molecule has 1 unspecified atom stereocenters. The molecule has 5 nitrogen and oxygen atoms in total. The van der Waals surface area contributed by atoms with Gasteiger partial charge >= 0.3 is 5.97 Å². The van der Waals surface area contributed by atoms with Gasteiger partial charge in [-0.25, -0.2) is 13.1 Å². The number of carbonyl (C=O) groups is 1. The van der Waals surface area contributed by atoms with Crippen molar-refractivity contribution in [1.29, 1.82) is 0 Å². The third-order valence-electron chi connectivity index (χ3n) is 2.85. The SMILES string of the molecule is O=C(O)C(Cc1ccccc1)NS(=O)(=O)C1CC1. The Kier molecular flexibility index (Phi) is 3.68. The fraction of sp³-hybridized carbons (Fsp3) is 0.417. The van der Waals surface area contributed by atoms with Gasteiger partial charge in [-0.3, -0.25) is 4.79 Å². The first-order chi connectivity index (χ1) is 8.49. The molecule has 2 rings (SSSR count). The van der Waals surface area contributed by atoms with Crippen molar-refractivity contribution >= 4 is 16.0 Å². The van der Waals surface area contributed by atoms with Crippen LogP contribution in [0.25, 0.3) is 0 Å². The van der Waals surface area contributed by atoms with E-state index < -0.39 is 27.3 Å². The van der Waals surface area contributed by atoms with Gasteiger partial charge in [0.2, 0.25) is 10.0 Å². The van der Waals surface area contributed by atoms with Crippen LogP contribution in [-0.4, -0.2) is 30.8 Å². The Hall–Kier alpha value is -1.40. The second kappa shape index (κ2) is 5.07. The van der Waals surface area contributed by atoms with Crippen molar-refractivity contribution in [3.63, 3.8) is 0 Å². The summed E-state index contributed by atoms with van der Waals surface area (Å²) in [7, 11) is -3.48. The second-order valence-electron chi connectivity index (χ2n) is 4.44. The minimum absolute atomic E-state index is 0.155. The number of aliphatic carboxylic acids is 1. The van der Waals surface area contributed by atoms with Gasteiger partial charge in [0.25, 0.3) is 0 Å². The van der Waals surface area contributed by atoms with Gasteiger partial charge in [-0.05, 0) is 24.8 Å². The van der Waals surface area contributed by atoms with Crippen LogP contribution in [0.4, 0.5) is 0 Å². The summed E-state index contributed by atoms with van der Waals surface area (Å²) in [6, 6.07) is 7.88. The van der Waals surface area contributed by atoms with Gasteiger partial charge < -0.3 is 5.11 Å². The molecule has 1 atom stereocenters. The molecule has 0 saturated heterocycles. The first-order valence-corrected chi connectivity index (χ1v) is 7.31. The van der Waals surface area contributed by atoms with E-state index in [1.54, 1.807) is 24.3 Å². The van der Waals surface area contributed by atoms with Crippen LogP contribution in [0.15, 0.2) is 30.3 Å². The molecule has 2 N–H and O–H groups in total. The molecular formula is C12H15NO4S. The van der Waals surface area contributed by atoms with Gasteiger partial charge in [0, 0.05) is 0 Å². The summed E-state index contributed by atoms with van der Waals surface area (Å²) >= 11 is 0. The molecule has 1 aliphatic carbocycles. The van der Waals surface area contributed by atoms with Crippen LogP contribution < -0.4 is 4.72 Å². The highest BCUT2D eigenvalue weighted by atomic mass is 32.2. The molecule has 0 aromatic heterocycles. The van der Waals surface area contributed by atoms with Crippen LogP contribution in [-0.2, 0) is 21.2 Å². The predicted octanol–water partition coefficient (Wildman–Crippen LogP) is 0.764. The normalized spacial score (nSPS) is 17.3. The van der Waals surface area contributed by atoms with E-state index in [0.717, 1.165) is 5.56 Å². The highest BCUT2D eigenvalue weighted by Crippen LogP contribution is 2.27. The molecule has 98 valence electrons. The van der Waals surface area contributed by atoms with Gasteiger partial charge in [0.1, 0.15) is 6.04 Å². The number of hydrogen-bond acceptors (Lipinski definition) is 3. The molecule has 6 heteroatoms. The third-order valence-corrected chi connectivity index (χ3v) is 4.81. The molecule has 0 bridgehead atoms. The van der Waals surface area contributed by atoms with E-state index in [9.17, 15) is 13.2 Å². The Bertz CT molecular complexity index is 522. The van der Waals surface area contributed by atoms with E-state index in [1.165, 1.54) is 0 Å². The highest BCUT2D eigenvalue weighted by molar-refractivity contribution is 7.90. The molecule has 1 aromatic carbocycles. The standard InChI is InChI=1S/C12H15NO4S/c14-12(15)11(8-9-4-2-1-3-5-9)13-18(16,17)10-6-7-10/h1-5,10-11,13H,6-8H2,(H,14,15). The lowest BCUT2D eigenvalue weighted by Crippen LogP contribution is -2.43. The van der Waals surface area contributed by atoms with Crippen LogP contribution in [0, 0.1) is 0 Å². The van der Waals surface area contributed by atoms with Crippen LogP contribution in [0.2, 0.25) is 0 Å². The quantitative estimate of drug-likeness (QED) is 0.798. The summed E-state index contributed by atoms with van der Waals surface area (Å²) in [5.41, 5.74) is 0.795. The van der Waals surface area contributed by atoms with Crippen molar-refractivity contribution in [2.45, 2.75) is 30.6 Å². The third kappa shape index (κ3) is 3.30. The molecule has 1 aliphatic rings. The molecule has 0 heterocycles. The topological polar surface area (TPSA) is 83.5 Å². The van der Waals surface area contributed by atoms with Gasteiger partial charge in [-0.2, -0.15) is 0 Å². The van der Waals surface area contributed by atoms with E-state index in [0.29, 0.717) is 12.8 Å². The monoisotopic (exact) mass is 269 g/mol. The van der Waals surface area contributed by atoms with E-state index in [1.807, 2.05) is 6.07 Å². The highest BCUT2D eigenvalue weighted by Gasteiger charge is 2.38. The van der Waals surface area contributed by atoms with Crippen LogP contribution in [0.3, 0.4) is 0 Å². The molecular weight excluding hydrogens is 254 g/mol. The minimum atomic E-state index is -3.48. The zero-order valence-electron chi connectivity index (χ0n) is 9.74. The smallest absolute Gasteiger partial charge is 0.322 e. The van der Waals surface area contributed by atoms with Crippen LogP contribution >= 0.6 is 0 Å². The van der Waals surface area contributed by atoms with E-state index >= 15 is 0 Å². The summed E-state index contributed by atoms with van der Waals surface area (Å²) in [6.45, 7) is 0. The summed E-state index contributed by atoms with van der Waals surface area (Å²) in [5, 5.41) is 8.67. The maximum absolute atomic E-state index is 11.7. The molecule has 0 spiro atoms. The summed E-state index contributed by atoms with van der Waals surface area (Å²) in [4.78, 5) is 11.1. The number of sulfonamides is 1. The van der Waals surface area contributed by atoms with Crippen molar-refractivity contribution < 1.29 is 18.3 Å². The van der Waals surface area contributed by atoms with Crippen molar-refractivity contribution in [2.24, 2.45) is 0 Å². The first-order valence-electron chi connectivity index (χ1n) is 5.77. The molecule has 0 aliphatic heterocycles. The number of carboxylic acid groups (broad SMARTS) is 1. The van der Waals surface area contributed by atoms with Crippen molar-refractivity contribution in [1.82, 2.24) is 4.72 Å². The number of hydrogen-bond donors (Lipinski definition) is 2. The summed E-state index contributed by atoms with van der Waals surface area (Å²) in [6.07, 6.45) is 1.39. The maximum atomic E-state index is 11.7. The Morgan fingerprint density at radius 2 is 1.94 bits per heavy atom. The maximum Gasteiger partial charge on any atom is 0.322 e. The zero-order valence-corrected chi connectivity index (χ0v) is 10.6. The minimum Gasteiger partial charge on any atom is -0.480 e. The van der Waals surface area contributed by atoms with Gasteiger partial charge in [-0.15, -0.1) is 0 Å². The number of carboxylic acids is 1. The molecule has 1 aromatic rings. The van der Waals surface area contributed by atoms with Crippen molar-refractivity contribution in [3.8, 4) is 0 Å². The van der Waals surface area contributed by atoms with E-state index in [2.05, 4.69) is 4.72 Å². The van der Waals surface area contributed by atoms with Gasteiger partial charge in [0.05, 0.1) is 5.25 Å². The lowest BCUT2D eigenvalue weighted by molar-refractivity contribution is -0.138. The van der Waals surface area contributed by atoms with E-state index in [4.69, 9.17) is 5.11 Å².